The van der Waals surface area contributed by atoms with Crippen molar-refractivity contribution < 1.29 is 18.3 Å². The van der Waals surface area contributed by atoms with Crippen LogP contribution in [0.4, 0.5) is 13.2 Å². The van der Waals surface area contributed by atoms with E-state index in [-0.39, 0.29) is 0 Å². The van der Waals surface area contributed by atoms with Gasteiger partial charge >= 0.3 is 6.18 Å². The molecule has 0 amide bonds. The van der Waals surface area contributed by atoms with E-state index in [1.807, 2.05) is 0 Å². The second kappa shape index (κ2) is 3.23. The first-order chi connectivity index (χ1) is 4.39. The van der Waals surface area contributed by atoms with Gasteiger partial charge in [-0.1, -0.05) is 13.8 Å². The third kappa shape index (κ3) is 2.56. The van der Waals surface area contributed by atoms with Crippen molar-refractivity contribution in [1.82, 2.24) is 0 Å². The summed E-state index contributed by atoms with van der Waals surface area (Å²) >= 11 is 0. The van der Waals surface area contributed by atoms with Crippen LogP contribution in [-0.4, -0.2) is 17.9 Å². The summed E-state index contributed by atoms with van der Waals surface area (Å²) in [5, 5.41) is 8.31. The van der Waals surface area contributed by atoms with Crippen LogP contribution in [0, 0.1) is 11.8 Å². The number of alkyl halides is 3. The van der Waals surface area contributed by atoms with Crippen molar-refractivity contribution in [3.63, 3.8) is 0 Å². The molecular formula is C6H11F3O. The van der Waals surface area contributed by atoms with Crippen molar-refractivity contribution in [3.8, 4) is 0 Å². The fraction of sp³-hybridized carbons (Fsp3) is 1.00. The zero-order valence-electron chi connectivity index (χ0n) is 5.94. The summed E-state index contributed by atoms with van der Waals surface area (Å²) in [5.41, 5.74) is 0. The zero-order valence-corrected chi connectivity index (χ0v) is 5.94. The van der Waals surface area contributed by atoms with Crippen LogP contribution in [0.15, 0.2) is 0 Å². The first-order valence-corrected chi connectivity index (χ1v) is 3.07. The minimum atomic E-state index is -4.26. The van der Waals surface area contributed by atoms with Crippen LogP contribution in [0.2, 0.25) is 0 Å². The van der Waals surface area contributed by atoms with E-state index < -0.39 is 24.6 Å². The molecule has 0 aliphatic rings. The second-order valence-electron chi connectivity index (χ2n) is 2.57. The van der Waals surface area contributed by atoms with Crippen molar-refractivity contribution in [2.24, 2.45) is 11.8 Å². The van der Waals surface area contributed by atoms with Gasteiger partial charge in [-0.2, -0.15) is 13.2 Å². The number of aliphatic hydroxyl groups is 1. The van der Waals surface area contributed by atoms with Crippen molar-refractivity contribution in [2.45, 2.75) is 20.0 Å². The van der Waals surface area contributed by atoms with E-state index in [9.17, 15) is 13.2 Å². The molecule has 0 aromatic rings. The van der Waals surface area contributed by atoms with Gasteiger partial charge in [-0.15, -0.1) is 0 Å². The predicted molar refractivity (Wildman–Crippen MR) is 31.5 cm³/mol. The Kier molecular flexibility index (Phi) is 3.15. The number of aliphatic hydroxyl groups excluding tert-OH is 1. The van der Waals surface area contributed by atoms with Crippen molar-refractivity contribution in [2.75, 3.05) is 6.61 Å². The first-order valence-electron chi connectivity index (χ1n) is 3.07. The van der Waals surface area contributed by atoms with Gasteiger partial charge in [0, 0.05) is 0 Å². The molecule has 1 N–H and O–H groups in total. The van der Waals surface area contributed by atoms with Gasteiger partial charge in [0.1, 0.15) is 0 Å². The Morgan fingerprint density at radius 2 is 1.70 bits per heavy atom. The monoisotopic (exact) mass is 156 g/mol. The lowest BCUT2D eigenvalue weighted by molar-refractivity contribution is -0.195. The maximum absolute atomic E-state index is 11.8. The van der Waals surface area contributed by atoms with E-state index >= 15 is 0 Å². The van der Waals surface area contributed by atoms with Crippen LogP contribution in [0.1, 0.15) is 13.8 Å². The van der Waals surface area contributed by atoms with Crippen LogP contribution < -0.4 is 0 Å². The van der Waals surface area contributed by atoms with Crippen LogP contribution in [0.5, 0.6) is 0 Å². The van der Waals surface area contributed by atoms with E-state index in [1.54, 1.807) is 0 Å². The highest BCUT2D eigenvalue weighted by atomic mass is 19.4. The van der Waals surface area contributed by atoms with Gasteiger partial charge in [-0.05, 0) is 5.92 Å². The van der Waals surface area contributed by atoms with E-state index in [4.69, 9.17) is 5.11 Å². The summed E-state index contributed by atoms with van der Waals surface area (Å²) in [4.78, 5) is 0. The van der Waals surface area contributed by atoms with Crippen LogP contribution in [0.3, 0.4) is 0 Å². The second-order valence-corrected chi connectivity index (χ2v) is 2.57. The Morgan fingerprint density at radius 1 is 1.30 bits per heavy atom. The average molecular weight is 156 g/mol. The maximum Gasteiger partial charge on any atom is 0.394 e. The Labute approximate surface area is 57.9 Å². The Balaban J connectivity index is 4.07. The van der Waals surface area contributed by atoms with E-state index in [2.05, 4.69) is 0 Å². The summed E-state index contributed by atoms with van der Waals surface area (Å²) in [6.07, 6.45) is -4.26. The lowest BCUT2D eigenvalue weighted by atomic mass is 9.96. The molecule has 0 fully saturated rings. The molecule has 0 aliphatic carbocycles. The smallest absolute Gasteiger partial charge is 0.394 e. The molecule has 0 saturated heterocycles. The molecule has 0 bridgehead atoms. The predicted octanol–water partition coefficient (Wildman–Crippen LogP) is 1.81. The van der Waals surface area contributed by atoms with Gasteiger partial charge in [-0.3, -0.25) is 0 Å². The molecule has 4 heteroatoms. The van der Waals surface area contributed by atoms with Gasteiger partial charge in [0.05, 0.1) is 12.5 Å². The van der Waals surface area contributed by atoms with Crippen LogP contribution in [-0.2, 0) is 0 Å². The SMILES string of the molecule is CC(C)[C@H](CO)C(F)(F)F. The van der Waals surface area contributed by atoms with Gasteiger partial charge in [0.15, 0.2) is 0 Å². The molecule has 0 aliphatic heterocycles. The molecule has 0 aromatic heterocycles. The third-order valence-corrected chi connectivity index (χ3v) is 1.42. The largest absolute Gasteiger partial charge is 0.396 e. The Bertz CT molecular complexity index is 97.7. The molecular weight excluding hydrogens is 145 g/mol. The summed E-state index contributed by atoms with van der Waals surface area (Å²) in [7, 11) is 0. The maximum atomic E-state index is 11.8. The highest BCUT2D eigenvalue weighted by Crippen LogP contribution is 2.31. The van der Waals surface area contributed by atoms with Gasteiger partial charge < -0.3 is 5.11 Å². The highest BCUT2D eigenvalue weighted by molar-refractivity contribution is 4.69. The molecule has 62 valence electrons. The Hall–Kier alpha value is -0.250. The molecule has 0 unspecified atom stereocenters. The topological polar surface area (TPSA) is 20.2 Å². The minimum Gasteiger partial charge on any atom is -0.396 e. The van der Waals surface area contributed by atoms with Gasteiger partial charge in [0.25, 0.3) is 0 Å². The van der Waals surface area contributed by atoms with Crippen molar-refractivity contribution in [3.05, 3.63) is 0 Å². The molecule has 0 spiro atoms. The minimum absolute atomic E-state index is 0.551. The summed E-state index contributed by atoms with van der Waals surface area (Å²) in [6.45, 7) is 2.06. The van der Waals surface area contributed by atoms with E-state index in [1.165, 1.54) is 13.8 Å². The first kappa shape index (κ1) is 9.75. The normalized spacial score (nSPS) is 15.9. The molecule has 0 radical (unpaired) electrons. The lowest BCUT2D eigenvalue weighted by Crippen LogP contribution is -2.30. The number of rotatable bonds is 2. The zero-order chi connectivity index (χ0) is 8.36. The summed E-state index contributed by atoms with van der Waals surface area (Å²) in [6, 6.07) is 0. The van der Waals surface area contributed by atoms with Crippen LogP contribution >= 0.6 is 0 Å². The van der Waals surface area contributed by atoms with Gasteiger partial charge in [-0.25, -0.2) is 0 Å². The molecule has 0 heterocycles. The fourth-order valence-electron chi connectivity index (χ4n) is 0.692. The number of halogens is 3. The van der Waals surface area contributed by atoms with Crippen molar-refractivity contribution in [1.29, 1.82) is 0 Å². The quantitative estimate of drug-likeness (QED) is 0.646. The van der Waals surface area contributed by atoms with E-state index in [0.717, 1.165) is 0 Å². The summed E-state index contributed by atoms with van der Waals surface area (Å²) in [5.74, 6) is -2.13. The molecule has 0 saturated carbocycles. The highest BCUT2D eigenvalue weighted by Gasteiger charge is 2.40. The standard InChI is InChI=1S/C6H11F3O/c1-4(2)5(3-10)6(7,8)9/h4-5,10H,3H2,1-2H3/t5-/m0/s1. The van der Waals surface area contributed by atoms with E-state index in [0.29, 0.717) is 0 Å². The summed E-state index contributed by atoms with van der Waals surface area (Å²) < 4.78 is 35.4. The molecule has 0 rings (SSSR count). The number of hydrogen-bond acceptors (Lipinski definition) is 1. The third-order valence-electron chi connectivity index (χ3n) is 1.42. The molecule has 10 heavy (non-hydrogen) atoms. The van der Waals surface area contributed by atoms with Crippen molar-refractivity contribution >= 4 is 0 Å². The average Bonchev–Trinajstić information content (AvgIpc) is 1.60. The fourth-order valence-corrected chi connectivity index (χ4v) is 0.692. The molecule has 0 aromatic carbocycles. The molecule has 1 nitrogen and oxygen atoms in total. The Morgan fingerprint density at radius 3 is 1.70 bits per heavy atom. The number of hydrogen-bond donors (Lipinski definition) is 1. The lowest BCUT2D eigenvalue weighted by Gasteiger charge is -2.20. The molecule has 1 atom stereocenters. The van der Waals surface area contributed by atoms with Crippen LogP contribution in [0.25, 0.3) is 0 Å². The van der Waals surface area contributed by atoms with Gasteiger partial charge in [0.2, 0.25) is 0 Å².